The van der Waals surface area contributed by atoms with E-state index in [0.717, 1.165) is 25.7 Å². The molecule has 1 saturated heterocycles. The number of nitrogens with zero attached hydrogens (tertiary/aromatic N) is 3. The van der Waals surface area contributed by atoms with Crippen LogP contribution < -0.4 is 0 Å². The zero-order valence-electron chi connectivity index (χ0n) is 11.7. The molecule has 2 unspecified atom stereocenters. The van der Waals surface area contributed by atoms with Crippen LogP contribution in [0, 0.1) is 12.8 Å². The Morgan fingerprint density at radius 2 is 2.15 bits per heavy atom. The summed E-state index contributed by atoms with van der Waals surface area (Å²) in [4.78, 5) is 29.1. The topological polar surface area (TPSA) is 96.5 Å². The summed E-state index contributed by atoms with van der Waals surface area (Å²) in [5.74, 6) is -1.63. The van der Waals surface area contributed by atoms with Gasteiger partial charge in [-0.3, -0.25) is 9.59 Å². The molecule has 0 spiro atoms. The number of carboxylic acids is 1. The van der Waals surface area contributed by atoms with Crippen molar-refractivity contribution in [3.05, 3.63) is 11.7 Å². The molecule has 0 radical (unpaired) electrons. The van der Waals surface area contributed by atoms with Crippen molar-refractivity contribution in [3.8, 4) is 0 Å². The first-order chi connectivity index (χ1) is 9.50. The van der Waals surface area contributed by atoms with Crippen LogP contribution in [0.4, 0.5) is 0 Å². The average molecular weight is 281 g/mol. The average Bonchev–Trinajstić information content (AvgIpc) is 2.71. The van der Waals surface area contributed by atoms with Crippen molar-refractivity contribution in [2.24, 2.45) is 5.92 Å². The van der Waals surface area contributed by atoms with Gasteiger partial charge in [-0.05, 0) is 19.8 Å². The van der Waals surface area contributed by atoms with Crippen LogP contribution in [0.1, 0.15) is 50.4 Å². The normalized spacial score (nSPS) is 21.3. The summed E-state index contributed by atoms with van der Waals surface area (Å²) in [6, 6.07) is -0.288. The molecule has 2 heterocycles. The van der Waals surface area contributed by atoms with Gasteiger partial charge in [0, 0.05) is 13.5 Å². The van der Waals surface area contributed by atoms with Crippen molar-refractivity contribution < 1.29 is 19.2 Å². The Balaban J connectivity index is 2.25. The number of hydrogen-bond acceptors (Lipinski definition) is 5. The molecule has 110 valence electrons. The Hall–Kier alpha value is -1.92. The van der Waals surface area contributed by atoms with Crippen molar-refractivity contribution >= 4 is 11.9 Å². The third-order valence-corrected chi connectivity index (χ3v) is 3.62. The number of likely N-dealkylation sites (tertiary alicyclic amines) is 1. The van der Waals surface area contributed by atoms with Gasteiger partial charge in [0.15, 0.2) is 5.82 Å². The number of carbonyl (C=O) groups excluding carboxylic acids is 1. The third-order valence-electron chi connectivity index (χ3n) is 3.62. The van der Waals surface area contributed by atoms with E-state index < -0.39 is 11.9 Å². The Kier molecular flexibility index (Phi) is 4.36. The minimum absolute atomic E-state index is 0.288. The first-order valence-corrected chi connectivity index (χ1v) is 6.84. The number of hydrogen-bond donors (Lipinski definition) is 1. The zero-order valence-corrected chi connectivity index (χ0v) is 11.7. The van der Waals surface area contributed by atoms with Gasteiger partial charge in [0.2, 0.25) is 11.8 Å². The van der Waals surface area contributed by atoms with Crippen molar-refractivity contribution in [1.82, 2.24) is 15.0 Å². The molecule has 7 heteroatoms. The van der Waals surface area contributed by atoms with E-state index in [-0.39, 0.29) is 11.9 Å². The SMILES string of the molecule is Cc1nc(C2CCCCCN2C(=O)C(C)C(=O)O)no1. The predicted molar refractivity (Wildman–Crippen MR) is 68.8 cm³/mol. The minimum atomic E-state index is -1.11. The lowest BCUT2D eigenvalue weighted by Crippen LogP contribution is -2.41. The van der Waals surface area contributed by atoms with E-state index in [9.17, 15) is 9.59 Å². The standard InChI is InChI=1S/C13H19N3O4/c1-8(13(18)19)12(17)16-7-5-3-4-6-10(16)11-14-9(2)20-15-11/h8,10H,3-7H2,1-2H3,(H,18,19). The van der Waals surface area contributed by atoms with Crippen molar-refractivity contribution in [2.75, 3.05) is 6.54 Å². The van der Waals surface area contributed by atoms with Crippen LogP contribution in [0.15, 0.2) is 4.52 Å². The van der Waals surface area contributed by atoms with Gasteiger partial charge in [0.25, 0.3) is 0 Å². The van der Waals surface area contributed by atoms with Gasteiger partial charge in [0.05, 0.1) is 6.04 Å². The van der Waals surface area contributed by atoms with Crippen LogP contribution >= 0.6 is 0 Å². The van der Waals surface area contributed by atoms with Crippen LogP contribution in [0.2, 0.25) is 0 Å². The molecule has 1 aromatic heterocycles. The van der Waals surface area contributed by atoms with Gasteiger partial charge in [-0.25, -0.2) is 0 Å². The molecule has 0 aromatic carbocycles. The van der Waals surface area contributed by atoms with E-state index in [1.54, 1.807) is 11.8 Å². The number of amides is 1. The van der Waals surface area contributed by atoms with Gasteiger partial charge in [-0.1, -0.05) is 18.0 Å². The molecule has 1 N–H and O–H groups in total. The van der Waals surface area contributed by atoms with E-state index in [1.165, 1.54) is 6.92 Å². The molecule has 1 aliphatic rings. The fourth-order valence-electron chi connectivity index (χ4n) is 2.45. The molecular formula is C13H19N3O4. The molecule has 0 saturated carbocycles. The molecule has 2 atom stereocenters. The van der Waals surface area contributed by atoms with Gasteiger partial charge in [-0.2, -0.15) is 4.98 Å². The number of aryl methyl sites for hydroxylation is 1. The van der Waals surface area contributed by atoms with Crippen LogP contribution in [0.5, 0.6) is 0 Å². The quantitative estimate of drug-likeness (QED) is 0.844. The summed E-state index contributed by atoms with van der Waals surface area (Å²) in [6.07, 6.45) is 3.57. The van der Waals surface area contributed by atoms with Crippen molar-refractivity contribution in [2.45, 2.75) is 45.6 Å². The highest BCUT2D eigenvalue weighted by Crippen LogP contribution is 2.29. The first-order valence-electron chi connectivity index (χ1n) is 6.84. The summed E-state index contributed by atoms with van der Waals surface area (Å²) in [6.45, 7) is 3.64. The smallest absolute Gasteiger partial charge is 0.315 e. The van der Waals surface area contributed by atoms with Crippen molar-refractivity contribution in [3.63, 3.8) is 0 Å². The maximum absolute atomic E-state index is 12.3. The second-order valence-corrected chi connectivity index (χ2v) is 5.13. The summed E-state index contributed by atoms with van der Waals surface area (Å²) in [5, 5.41) is 12.9. The lowest BCUT2D eigenvalue weighted by molar-refractivity contribution is -0.151. The molecule has 1 aliphatic heterocycles. The highest BCUT2D eigenvalue weighted by atomic mass is 16.5. The van der Waals surface area contributed by atoms with Gasteiger partial charge in [-0.15, -0.1) is 0 Å². The Morgan fingerprint density at radius 1 is 1.40 bits per heavy atom. The van der Waals surface area contributed by atoms with Crippen LogP contribution in [0.3, 0.4) is 0 Å². The lowest BCUT2D eigenvalue weighted by atomic mass is 10.1. The molecule has 1 aromatic rings. The minimum Gasteiger partial charge on any atom is -0.481 e. The fourth-order valence-corrected chi connectivity index (χ4v) is 2.45. The van der Waals surface area contributed by atoms with E-state index in [1.807, 2.05) is 0 Å². The molecule has 2 rings (SSSR count). The second-order valence-electron chi connectivity index (χ2n) is 5.13. The van der Waals surface area contributed by atoms with Gasteiger partial charge >= 0.3 is 5.97 Å². The maximum atomic E-state index is 12.3. The Labute approximate surface area is 117 Å². The Bertz CT molecular complexity index is 500. The van der Waals surface area contributed by atoms with E-state index in [0.29, 0.717) is 18.3 Å². The van der Waals surface area contributed by atoms with Crippen molar-refractivity contribution in [1.29, 1.82) is 0 Å². The summed E-state index contributed by atoms with van der Waals surface area (Å²) in [5.41, 5.74) is 0. The predicted octanol–water partition coefficient (Wildman–Crippen LogP) is 1.54. The molecule has 1 amide bonds. The monoisotopic (exact) mass is 281 g/mol. The zero-order chi connectivity index (χ0) is 14.7. The van der Waals surface area contributed by atoms with E-state index in [4.69, 9.17) is 9.63 Å². The highest BCUT2D eigenvalue weighted by Gasteiger charge is 2.34. The number of aromatic nitrogens is 2. The highest BCUT2D eigenvalue weighted by molar-refractivity contribution is 5.96. The first kappa shape index (κ1) is 14.5. The van der Waals surface area contributed by atoms with E-state index >= 15 is 0 Å². The Morgan fingerprint density at radius 3 is 2.75 bits per heavy atom. The molecule has 7 nitrogen and oxygen atoms in total. The van der Waals surface area contributed by atoms with Gasteiger partial charge in [0.1, 0.15) is 5.92 Å². The van der Waals surface area contributed by atoms with Gasteiger partial charge < -0.3 is 14.5 Å². The number of carbonyl (C=O) groups is 2. The lowest BCUT2D eigenvalue weighted by Gasteiger charge is -2.29. The summed E-state index contributed by atoms with van der Waals surface area (Å²) < 4.78 is 4.98. The van der Waals surface area contributed by atoms with Crippen LogP contribution in [-0.4, -0.2) is 38.6 Å². The molecule has 20 heavy (non-hydrogen) atoms. The number of rotatable bonds is 3. The largest absolute Gasteiger partial charge is 0.481 e. The number of aliphatic carboxylic acids is 1. The van der Waals surface area contributed by atoms with Crippen LogP contribution in [0.25, 0.3) is 0 Å². The summed E-state index contributed by atoms with van der Waals surface area (Å²) >= 11 is 0. The summed E-state index contributed by atoms with van der Waals surface area (Å²) in [7, 11) is 0. The van der Waals surface area contributed by atoms with E-state index in [2.05, 4.69) is 10.1 Å². The molecule has 0 bridgehead atoms. The second kappa shape index (κ2) is 6.02. The molecular weight excluding hydrogens is 262 g/mol. The fraction of sp³-hybridized carbons (Fsp3) is 0.692. The van der Waals surface area contributed by atoms with Crippen LogP contribution in [-0.2, 0) is 9.59 Å². The molecule has 1 fully saturated rings. The molecule has 0 aliphatic carbocycles. The maximum Gasteiger partial charge on any atom is 0.315 e. The number of carboxylic acid groups (broad SMARTS) is 1. The third kappa shape index (κ3) is 2.97.